The fraction of sp³-hybridized carbons (Fsp3) is 0.0476. The number of alkyl halides is 3. The molecule has 0 saturated heterocycles. The topological polar surface area (TPSA) is 72.6 Å². The van der Waals surface area contributed by atoms with Gasteiger partial charge in [0.2, 0.25) is 5.89 Å². The van der Waals surface area contributed by atoms with Gasteiger partial charge in [-0.15, -0.1) is 13.2 Å². The maximum atomic E-state index is 12.3. The summed E-state index contributed by atoms with van der Waals surface area (Å²) in [6, 6.07) is 16.9. The van der Waals surface area contributed by atoms with Crippen molar-refractivity contribution in [3.63, 3.8) is 0 Å². The van der Waals surface area contributed by atoms with Gasteiger partial charge in [-0.2, -0.15) is 0 Å². The number of benzene rings is 3. The summed E-state index contributed by atoms with van der Waals surface area (Å²) < 4.78 is 46.4. The van der Waals surface area contributed by atoms with Gasteiger partial charge in [-0.3, -0.25) is 0 Å². The molecule has 0 radical (unpaired) electrons. The van der Waals surface area contributed by atoms with E-state index < -0.39 is 12.3 Å². The fourth-order valence-electron chi connectivity index (χ4n) is 2.86. The molecular formula is C21H12F3NO4. The highest BCUT2D eigenvalue weighted by Gasteiger charge is 2.30. The summed E-state index contributed by atoms with van der Waals surface area (Å²) in [5.41, 5.74) is 3.09. The first-order valence-corrected chi connectivity index (χ1v) is 8.39. The molecule has 0 unspecified atom stereocenters. The SMILES string of the molecule is O=C(O)c1cccc(-c2nc3cc(-c4ccc(OC(F)(F)F)cc4)ccc3o2)c1. The Hall–Kier alpha value is -3.81. The van der Waals surface area contributed by atoms with Crippen molar-refractivity contribution in [1.82, 2.24) is 4.98 Å². The van der Waals surface area contributed by atoms with E-state index in [1.807, 2.05) is 0 Å². The Bertz CT molecular complexity index is 1200. The molecule has 4 rings (SSSR count). The van der Waals surface area contributed by atoms with Gasteiger partial charge in [-0.05, 0) is 53.6 Å². The number of fused-ring (bicyclic) bond motifs is 1. The molecule has 0 aliphatic rings. The lowest BCUT2D eigenvalue weighted by Crippen LogP contribution is -2.16. The van der Waals surface area contributed by atoms with E-state index >= 15 is 0 Å². The molecule has 0 spiro atoms. The third-order valence-electron chi connectivity index (χ3n) is 4.17. The van der Waals surface area contributed by atoms with E-state index in [0.29, 0.717) is 22.2 Å². The van der Waals surface area contributed by atoms with E-state index in [1.165, 1.54) is 36.4 Å². The molecule has 8 heteroatoms. The van der Waals surface area contributed by atoms with Crippen molar-refractivity contribution in [1.29, 1.82) is 0 Å². The van der Waals surface area contributed by atoms with Gasteiger partial charge in [0.05, 0.1) is 5.56 Å². The monoisotopic (exact) mass is 399 g/mol. The lowest BCUT2D eigenvalue weighted by Gasteiger charge is -2.09. The van der Waals surface area contributed by atoms with Crippen LogP contribution in [0.4, 0.5) is 13.2 Å². The van der Waals surface area contributed by atoms with E-state index in [4.69, 9.17) is 9.52 Å². The molecule has 3 aromatic carbocycles. The lowest BCUT2D eigenvalue weighted by atomic mass is 10.1. The van der Waals surface area contributed by atoms with E-state index in [2.05, 4.69) is 9.72 Å². The van der Waals surface area contributed by atoms with Crippen molar-refractivity contribution >= 4 is 17.1 Å². The van der Waals surface area contributed by atoms with Crippen LogP contribution in [0, 0.1) is 0 Å². The molecule has 4 aromatic rings. The number of hydrogen-bond acceptors (Lipinski definition) is 4. The van der Waals surface area contributed by atoms with Gasteiger partial charge in [-0.25, -0.2) is 9.78 Å². The van der Waals surface area contributed by atoms with Gasteiger partial charge in [0.15, 0.2) is 5.58 Å². The predicted molar refractivity (Wildman–Crippen MR) is 98.5 cm³/mol. The van der Waals surface area contributed by atoms with Crippen LogP contribution < -0.4 is 4.74 Å². The Kier molecular flexibility index (Phi) is 4.46. The molecule has 0 amide bonds. The lowest BCUT2D eigenvalue weighted by molar-refractivity contribution is -0.274. The molecule has 0 saturated carbocycles. The smallest absolute Gasteiger partial charge is 0.478 e. The zero-order chi connectivity index (χ0) is 20.6. The first-order valence-electron chi connectivity index (χ1n) is 8.39. The summed E-state index contributed by atoms with van der Waals surface area (Å²) in [6.45, 7) is 0. The Morgan fingerprint density at radius 1 is 0.931 bits per heavy atom. The second kappa shape index (κ2) is 6.97. The van der Waals surface area contributed by atoms with Crippen molar-refractivity contribution in [3.8, 4) is 28.3 Å². The van der Waals surface area contributed by atoms with E-state index in [0.717, 1.165) is 5.56 Å². The maximum Gasteiger partial charge on any atom is 0.573 e. The Labute approximate surface area is 162 Å². The summed E-state index contributed by atoms with van der Waals surface area (Å²) in [6.07, 6.45) is -4.74. The maximum absolute atomic E-state index is 12.3. The van der Waals surface area contributed by atoms with Crippen LogP contribution >= 0.6 is 0 Å². The van der Waals surface area contributed by atoms with Crippen LogP contribution in [0.5, 0.6) is 5.75 Å². The number of carbonyl (C=O) groups is 1. The van der Waals surface area contributed by atoms with Gasteiger partial charge in [0.1, 0.15) is 11.3 Å². The second-order valence-corrected chi connectivity index (χ2v) is 6.16. The van der Waals surface area contributed by atoms with Crippen LogP contribution in [0.25, 0.3) is 33.7 Å². The van der Waals surface area contributed by atoms with Gasteiger partial charge in [0, 0.05) is 5.56 Å². The molecule has 1 N–H and O–H groups in total. The number of ether oxygens (including phenoxy) is 1. The number of aromatic carboxylic acids is 1. The Morgan fingerprint density at radius 3 is 2.34 bits per heavy atom. The number of aromatic nitrogens is 1. The van der Waals surface area contributed by atoms with Crippen LogP contribution in [-0.2, 0) is 0 Å². The molecule has 0 fully saturated rings. The largest absolute Gasteiger partial charge is 0.573 e. The molecular weight excluding hydrogens is 387 g/mol. The van der Waals surface area contributed by atoms with E-state index in [-0.39, 0.29) is 17.2 Å². The normalized spacial score (nSPS) is 11.6. The zero-order valence-electron chi connectivity index (χ0n) is 14.6. The first kappa shape index (κ1) is 18.5. The minimum absolute atomic E-state index is 0.117. The number of nitrogens with zero attached hydrogens (tertiary/aromatic N) is 1. The third kappa shape index (κ3) is 4.06. The average molecular weight is 399 g/mol. The van der Waals surface area contributed by atoms with Crippen LogP contribution in [0.2, 0.25) is 0 Å². The van der Waals surface area contributed by atoms with Gasteiger partial charge in [-0.1, -0.05) is 24.3 Å². The van der Waals surface area contributed by atoms with Gasteiger partial charge >= 0.3 is 12.3 Å². The summed E-state index contributed by atoms with van der Waals surface area (Å²) in [5.74, 6) is -1.08. The molecule has 0 aliphatic heterocycles. The highest BCUT2D eigenvalue weighted by molar-refractivity contribution is 5.89. The molecule has 29 heavy (non-hydrogen) atoms. The molecule has 1 heterocycles. The minimum Gasteiger partial charge on any atom is -0.478 e. The highest BCUT2D eigenvalue weighted by Crippen LogP contribution is 2.30. The average Bonchev–Trinajstić information content (AvgIpc) is 3.11. The third-order valence-corrected chi connectivity index (χ3v) is 4.17. The molecule has 146 valence electrons. The van der Waals surface area contributed by atoms with Crippen LogP contribution in [0.1, 0.15) is 10.4 Å². The number of rotatable bonds is 4. The van der Waals surface area contributed by atoms with Crippen LogP contribution in [-0.4, -0.2) is 22.4 Å². The highest BCUT2D eigenvalue weighted by atomic mass is 19.4. The van der Waals surface area contributed by atoms with E-state index in [9.17, 15) is 18.0 Å². The van der Waals surface area contributed by atoms with Crippen molar-refractivity contribution in [2.75, 3.05) is 0 Å². The summed E-state index contributed by atoms with van der Waals surface area (Å²) in [5, 5.41) is 9.12. The second-order valence-electron chi connectivity index (χ2n) is 6.16. The number of hydrogen-bond donors (Lipinski definition) is 1. The minimum atomic E-state index is -4.74. The zero-order valence-corrected chi connectivity index (χ0v) is 14.6. The summed E-state index contributed by atoms with van der Waals surface area (Å²) in [4.78, 5) is 15.5. The number of carboxylic acid groups (broad SMARTS) is 1. The Morgan fingerprint density at radius 2 is 1.66 bits per heavy atom. The van der Waals surface area contributed by atoms with Crippen LogP contribution in [0.15, 0.2) is 71.1 Å². The number of carboxylic acids is 1. The molecule has 0 aliphatic carbocycles. The standard InChI is InChI=1S/C21H12F3NO4/c22-21(23,24)29-16-7-4-12(5-8-16)13-6-9-18-17(11-13)25-19(28-18)14-2-1-3-15(10-14)20(26)27/h1-11H,(H,26,27). The Balaban J connectivity index is 1.65. The van der Waals surface area contributed by atoms with Crippen LogP contribution in [0.3, 0.4) is 0 Å². The summed E-state index contributed by atoms with van der Waals surface area (Å²) in [7, 11) is 0. The molecule has 0 atom stereocenters. The molecule has 1 aromatic heterocycles. The summed E-state index contributed by atoms with van der Waals surface area (Å²) >= 11 is 0. The number of halogens is 3. The molecule has 5 nitrogen and oxygen atoms in total. The van der Waals surface area contributed by atoms with Gasteiger partial charge < -0.3 is 14.3 Å². The van der Waals surface area contributed by atoms with E-state index in [1.54, 1.807) is 30.3 Å². The predicted octanol–water partition coefficient (Wildman–Crippen LogP) is 5.76. The van der Waals surface area contributed by atoms with Crippen molar-refractivity contribution in [2.24, 2.45) is 0 Å². The molecule has 0 bridgehead atoms. The number of oxazole rings is 1. The van der Waals surface area contributed by atoms with Crippen molar-refractivity contribution in [3.05, 3.63) is 72.3 Å². The quantitative estimate of drug-likeness (QED) is 0.472. The first-order chi connectivity index (χ1) is 13.8. The van der Waals surface area contributed by atoms with Crippen molar-refractivity contribution < 1.29 is 32.2 Å². The van der Waals surface area contributed by atoms with Crippen molar-refractivity contribution in [2.45, 2.75) is 6.36 Å². The van der Waals surface area contributed by atoms with Gasteiger partial charge in [0.25, 0.3) is 0 Å². The fourth-order valence-corrected chi connectivity index (χ4v) is 2.86.